The van der Waals surface area contributed by atoms with Gasteiger partial charge in [-0.1, -0.05) is 39.5 Å². The number of carbonyl (C=O) groups is 1. The van der Waals surface area contributed by atoms with Crippen LogP contribution in [0.4, 0.5) is 63.0 Å². The zero-order valence-corrected chi connectivity index (χ0v) is 67.2. The lowest BCUT2D eigenvalue weighted by molar-refractivity contribution is -0.117. The van der Waals surface area contributed by atoms with Crippen LogP contribution in [0.25, 0.3) is 42.3 Å². The maximum Gasteiger partial charge on any atom is 0.349 e. The average molecular weight is 1620 g/mol. The van der Waals surface area contributed by atoms with Crippen molar-refractivity contribution in [2.75, 3.05) is 97.7 Å². The molecule has 8 heterocycles. The highest BCUT2D eigenvalue weighted by atomic mass is 16.5. The third-order valence-electron chi connectivity index (χ3n) is 20.0. The lowest BCUT2D eigenvalue weighted by Crippen LogP contribution is -2.48. The number of aliphatic hydroxyl groups excluding tert-OH is 12. The minimum absolute atomic E-state index is 0.0397. The molecule has 628 valence electrons. The van der Waals surface area contributed by atoms with Crippen molar-refractivity contribution >= 4 is 99.5 Å². The summed E-state index contributed by atoms with van der Waals surface area (Å²) in [5.41, 5.74) is 9.66. The van der Waals surface area contributed by atoms with E-state index in [1.54, 1.807) is 28.9 Å². The highest BCUT2D eigenvalue weighted by Crippen LogP contribution is 2.43. The van der Waals surface area contributed by atoms with Gasteiger partial charge < -0.3 is 115 Å². The van der Waals surface area contributed by atoms with E-state index in [0.29, 0.717) is 70.8 Å². The Labute approximate surface area is 670 Å². The van der Waals surface area contributed by atoms with Gasteiger partial charge in [0.25, 0.3) is 22.2 Å². The Kier molecular flexibility index (Phi) is 30.0. The smallest absolute Gasteiger partial charge is 0.349 e. The number of ether oxygens (including phenoxy) is 1. The van der Waals surface area contributed by atoms with Crippen molar-refractivity contribution in [3.63, 3.8) is 0 Å². The lowest BCUT2D eigenvalue weighted by Gasteiger charge is -2.33. The van der Waals surface area contributed by atoms with Crippen molar-refractivity contribution in [1.82, 2.24) is 49.4 Å². The van der Waals surface area contributed by atoms with Gasteiger partial charge in [0.2, 0.25) is 0 Å². The van der Waals surface area contributed by atoms with Crippen molar-refractivity contribution in [2.45, 2.75) is 162 Å². The normalized spacial score (nSPS) is 14.6. The molecular formula is C80H104N18O19. The second-order valence-corrected chi connectivity index (χ2v) is 28.8. The Hall–Kier alpha value is -11.2. The van der Waals surface area contributed by atoms with Crippen molar-refractivity contribution in [3.8, 4) is 17.3 Å². The molecule has 3 aromatic heterocycles. The van der Waals surface area contributed by atoms with Gasteiger partial charge in [-0.25, -0.2) is 39.7 Å². The number of Topliss-reactive ketones (excluding diaryl/α,β-unsaturated/α-hetero) is 1. The number of benzene rings is 4. The standard InChI is InChI=1S/C21H29N5O5.C21H27N5O3.C19H24N4O6.C19H24N4O5/c1-5-25(6-2)14-8-15-13(7-11(14)3)24-18-20(22-12(4)23-21(18)31)26(15)9-16(28)19(30)17(29)10-27;1-13-11-15-17(12-16(13)25(3)4)26(10-8-6-5-7-9-14(2)27)19-18(22-15)20(28)24-21(29)23-19;1-4-29-15-6-12-11(5-9(15)2)22-16-18(20-10(3)21-19(16)28)23(12)7-13(25)17(27)14(26)8-24;1-4-11-6-13-12(5-9(11)2)22-16-18(20-10(3)21-19(16)28)23(13)7-14(25)17(27)15(26)8-24/h7-8,16-17,19,27-30H,4-6,9-10H2,1-3H3,(H,23,31);11-12H,5-10H2,1-4H3,(H,24,28,29);5-6,13-14,17,24-27H,3-4,7-8H2,1-2H3,(H,21,28);5-6,14-15,17,24-27H,3-4,7-8H2,1-2H3,(H,21,28)/t16-,17+,19-;;13-,14+,17-;14-,15+,17-/m0.00/s1. The molecule has 37 nitrogen and oxygen atoms in total. The van der Waals surface area contributed by atoms with Crippen LogP contribution < -0.4 is 89.7 Å². The van der Waals surface area contributed by atoms with Crippen LogP contribution in [0.15, 0.2) is 87.5 Å². The molecule has 0 saturated carbocycles. The molecule has 0 saturated heterocycles. The minimum atomic E-state index is -1.61. The summed E-state index contributed by atoms with van der Waals surface area (Å²) in [7, 11) is 3.95. The van der Waals surface area contributed by atoms with Crippen molar-refractivity contribution in [2.24, 2.45) is 15.0 Å². The third kappa shape index (κ3) is 20.4. The number of aromatic amines is 4. The SMILES string of the molecule is C=c1nc2c(c(=O)[nH]1)=Nc1cc(C)c(CC)cc1N2C[C@H](O)[C@H](O)[C@H](O)CO.C=c1nc2c(c(=O)[nH]1)=Nc1cc(C)c(N(CC)CC)cc1N2C[C@H](O)[C@H](O)[C@H](O)CO.C=c1nc2c(c(=O)[nH]1)=Nc1cc(C)c(OCC)cc1N2C[C@H](O)[C@H](O)[C@H](O)CO.CC(=O)CCCCCCn1c2nc(=O)[nH]c(=O)c-2nc2cc(C)c(N(C)C)cc21. The largest absolute Gasteiger partial charge is 0.494 e. The maximum atomic E-state index is 12.5. The number of hydrogen-bond donors (Lipinski definition) is 16. The van der Waals surface area contributed by atoms with Crippen LogP contribution in [0.3, 0.4) is 0 Å². The minimum Gasteiger partial charge on any atom is -0.494 e. The molecular weight excluding hydrogens is 1520 g/mol. The number of carbonyl (C=O) groups excluding carboxylic acids is 1. The summed E-state index contributed by atoms with van der Waals surface area (Å²) in [6, 6.07) is 15.0. The molecule has 16 N–H and O–H groups in total. The molecule has 7 aromatic rings. The molecule has 5 aliphatic heterocycles. The first-order chi connectivity index (χ1) is 55.5. The fourth-order valence-corrected chi connectivity index (χ4v) is 13.8. The number of fused-ring (bicyclic) bond motifs is 8. The average Bonchev–Trinajstić information content (AvgIpc) is 0.843. The van der Waals surface area contributed by atoms with E-state index in [0.717, 1.165) is 89.9 Å². The van der Waals surface area contributed by atoms with Gasteiger partial charge in [-0.05, 0) is 145 Å². The monoisotopic (exact) mass is 1620 g/mol. The van der Waals surface area contributed by atoms with Crippen molar-refractivity contribution in [3.05, 3.63) is 161 Å². The van der Waals surface area contributed by atoms with E-state index in [-0.39, 0.29) is 81.1 Å². The van der Waals surface area contributed by atoms with Crippen molar-refractivity contribution in [1.29, 1.82) is 0 Å². The van der Waals surface area contributed by atoms with Gasteiger partial charge in [-0.3, -0.25) is 24.2 Å². The molecule has 37 heteroatoms. The molecule has 0 bridgehead atoms. The number of β-amino-alcohol motifs (C(OH)–C–C–N with tert-alkyl or cyclic N) is 3. The van der Waals surface area contributed by atoms with Gasteiger partial charge in [0, 0.05) is 57.6 Å². The summed E-state index contributed by atoms with van der Waals surface area (Å²) in [6.07, 6.45) is -8.59. The second-order valence-electron chi connectivity index (χ2n) is 28.8. The number of aryl methyl sites for hydroxylation is 6. The van der Waals surface area contributed by atoms with Crippen LogP contribution in [-0.4, -0.2) is 245 Å². The number of hydrogen-bond acceptors (Lipinski definition) is 32. The van der Waals surface area contributed by atoms with Crippen LogP contribution in [0.1, 0.15) is 94.5 Å². The number of aromatic nitrogens is 10. The number of nitrogens with one attached hydrogen (secondary N) is 4. The fraction of sp³-hybridized carbons (Fsp3) is 0.450. The first-order valence-corrected chi connectivity index (χ1v) is 38.3. The summed E-state index contributed by atoms with van der Waals surface area (Å²) >= 11 is 0. The molecule has 117 heavy (non-hydrogen) atoms. The van der Waals surface area contributed by atoms with Gasteiger partial charge in [0.1, 0.15) is 82.9 Å². The number of rotatable bonds is 29. The van der Waals surface area contributed by atoms with E-state index in [4.69, 9.17) is 20.1 Å². The quantitative estimate of drug-likeness (QED) is 0.0182. The predicted molar refractivity (Wildman–Crippen MR) is 440 cm³/mol. The summed E-state index contributed by atoms with van der Waals surface area (Å²) in [6.45, 7) is 28.3. The zero-order valence-electron chi connectivity index (χ0n) is 67.2. The molecule has 0 unspecified atom stereocenters. The zero-order chi connectivity index (χ0) is 85.9. The topological polar surface area (TPSA) is 540 Å². The van der Waals surface area contributed by atoms with E-state index >= 15 is 0 Å². The Balaban J connectivity index is 0.000000178. The molecule has 4 aromatic carbocycles. The first kappa shape index (κ1) is 89.7. The predicted octanol–water partition coefficient (Wildman–Crippen LogP) is -1.79. The van der Waals surface area contributed by atoms with Crippen LogP contribution in [0.5, 0.6) is 5.75 Å². The molecule has 0 amide bonds. The van der Waals surface area contributed by atoms with Gasteiger partial charge in [-0.2, -0.15) is 4.98 Å². The number of aliphatic hydroxyl groups is 12. The number of nitrogens with zero attached hydrogens (tertiary/aromatic N) is 14. The van der Waals surface area contributed by atoms with Crippen LogP contribution in [0, 0.1) is 27.7 Å². The third-order valence-corrected chi connectivity index (χ3v) is 20.0. The van der Waals surface area contributed by atoms with E-state index < -0.39 is 103 Å². The molecule has 0 radical (unpaired) electrons. The summed E-state index contributed by atoms with van der Waals surface area (Å²) in [4.78, 5) is 126. The van der Waals surface area contributed by atoms with Crippen molar-refractivity contribution < 1.29 is 70.8 Å². The lowest BCUT2D eigenvalue weighted by atomic mass is 10.0. The van der Waals surface area contributed by atoms with E-state index in [1.165, 1.54) is 4.90 Å². The summed E-state index contributed by atoms with van der Waals surface area (Å²) in [5.74, 6) is 1.67. The number of anilines is 8. The number of H-pyrrole nitrogens is 4. The first-order valence-electron chi connectivity index (χ1n) is 38.3. The number of ketones is 1. The summed E-state index contributed by atoms with van der Waals surface area (Å²) < 4.78 is 7.56. The molecule has 0 fully saturated rings. The Morgan fingerprint density at radius 3 is 1.35 bits per heavy atom. The Morgan fingerprint density at radius 2 is 0.923 bits per heavy atom. The van der Waals surface area contributed by atoms with Gasteiger partial charge >= 0.3 is 5.69 Å². The highest BCUT2D eigenvalue weighted by molar-refractivity contribution is 5.85. The second kappa shape index (κ2) is 39.2. The van der Waals surface area contributed by atoms with Crippen LogP contribution in [0.2, 0.25) is 0 Å². The maximum absolute atomic E-state index is 12.5. The molecule has 0 aliphatic carbocycles. The molecule has 0 spiro atoms. The van der Waals surface area contributed by atoms with E-state index in [9.17, 15) is 74.7 Å². The van der Waals surface area contributed by atoms with E-state index in [1.807, 2.05) is 115 Å². The van der Waals surface area contributed by atoms with Crippen LogP contribution >= 0.6 is 0 Å². The molecule has 12 rings (SSSR count). The Morgan fingerprint density at radius 1 is 0.496 bits per heavy atom. The Bertz CT molecular complexity index is 5760. The van der Waals surface area contributed by atoms with Gasteiger partial charge in [0.15, 0.2) is 45.0 Å². The van der Waals surface area contributed by atoms with E-state index in [2.05, 4.69) is 84.5 Å². The number of unbranched alkanes of at least 4 members (excludes halogenated alkanes) is 3. The van der Waals surface area contributed by atoms with Gasteiger partial charge in [-0.15, -0.1) is 0 Å². The summed E-state index contributed by atoms with van der Waals surface area (Å²) in [5, 5.41) is 118. The highest BCUT2D eigenvalue weighted by Gasteiger charge is 2.36. The van der Waals surface area contributed by atoms with Crippen LogP contribution in [-0.2, 0) is 17.8 Å². The fourth-order valence-electron chi connectivity index (χ4n) is 13.8. The van der Waals surface area contributed by atoms with Gasteiger partial charge in [0.05, 0.1) is 91.2 Å². The molecule has 9 atom stereocenters. The molecule has 5 aliphatic rings.